The molecule has 25 heteroatoms. The van der Waals surface area contributed by atoms with E-state index in [1.165, 1.54) is 34.1 Å². The molecule has 0 saturated carbocycles. The third-order valence-corrected chi connectivity index (χ3v) is 11.2. The van der Waals surface area contributed by atoms with E-state index in [1.807, 2.05) is 31.1 Å². The van der Waals surface area contributed by atoms with Crippen molar-refractivity contribution in [1.29, 1.82) is 0 Å². The first-order valence-electron chi connectivity index (χ1n) is 22.0. The molecule has 0 amide bonds. The summed E-state index contributed by atoms with van der Waals surface area (Å²) in [7, 11) is -0.479. The highest BCUT2D eigenvalue weighted by Gasteiger charge is 2.25. The van der Waals surface area contributed by atoms with Gasteiger partial charge in [0.1, 0.15) is 50.9 Å². The Morgan fingerprint density at radius 3 is 1.34 bits per heavy atom. The number of ether oxygens (including phenoxy) is 10. The van der Waals surface area contributed by atoms with Crippen LogP contribution >= 0.6 is 0 Å². The molecule has 0 aliphatic carbocycles. The molecule has 4 aromatic carbocycles. The molecule has 0 unspecified atom stereocenters. The summed E-state index contributed by atoms with van der Waals surface area (Å²) in [6.07, 6.45) is 0. The molecule has 4 aromatic rings. The number of nitrogens with zero attached hydrogens (tertiary/aromatic N) is 3. The minimum atomic E-state index is -4.16. The van der Waals surface area contributed by atoms with Gasteiger partial charge in [0, 0.05) is 64.8 Å². The van der Waals surface area contributed by atoms with Crippen molar-refractivity contribution in [1.82, 2.24) is 4.72 Å². The number of rotatable bonds is 28. The third kappa shape index (κ3) is 19.2. The summed E-state index contributed by atoms with van der Waals surface area (Å²) in [6, 6.07) is 19.5. The van der Waals surface area contributed by atoms with E-state index in [2.05, 4.69) is 4.72 Å². The smallest absolute Gasteiger partial charge is 0.328 e. The molecule has 0 aromatic heterocycles. The van der Waals surface area contributed by atoms with Crippen LogP contribution in [0.4, 0.5) is 17.1 Å². The zero-order valence-corrected chi connectivity index (χ0v) is 41.9. The summed E-state index contributed by atoms with van der Waals surface area (Å²) < 4.78 is 81.8. The summed E-state index contributed by atoms with van der Waals surface area (Å²) in [5, 5.41) is 1.19. The van der Waals surface area contributed by atoms with Crippen molar-refractivity contribution >= 4 is 85.6 Å². The first-order valence-corrected chi connectivity index (χ1v) is 23.5. The van der Waals surface area contributed by atoms with Crippen LogP contribution in [0.5, 0.6) is 11.5 Å². The second-order valence-electron chi connectivity index (χ2n) is 15.6. The van der Waals surface area contributed by atoms with Gasteiger partial charge in [-0.05, 0) is 54.4 Å². The van der Waals surface area contributed by atoms with Gasteiger partial charge in [-0.3, -0.25) is 38.4 Å². The lowest BCUT2D eigenvalue weighted by molar-refractivity contribution is -0.167. The number of carbonyl (C=O) groups excluding carboxylic acids is 8. The van der Waals surface area contributed by atoms with Crippen molar-refractivity contribution < 1.29 is 94.1 Å². The van der Waals surface area contributed by atoms with E-state index in [1.54, 1.807) is 43.3 Å². The number of sulfonamides is 1. The maximum absolute atomic E-state index is 13.9. The van der Waals surface area contributed by atoms with E-state index in [9.17, 15) is 46.8 Å². The summed E-state index contributed by atoms with van der Waals surface area (Å²) in [5.74, 6) is -6.52. The molecule has 4 rings (SSSR count). The number of aryl methyl sites for hydroxylation is 1. The number of hydrogen-bond acceptors (Lipinski definition) is 23. The Balaban J connectivity index is 1.68. The van der Waals surface area contributed by atoms with Crippen LogP contribution in [0.25, 0.3) is 10.8 Å². The van der Waals surface area contributed by atoms with Gasteiger partial charge in [-0.25, -0.2) is 13.1 Å². The van der Waals surface area contributed by atoms with Gasteiger partial charge in [-0.15, -0.1) is 0 Å². The Hall–Kier alpha value is -8.19. The van der Waals surface area contributed by atoms with E-state index in [0.717, 1.165) is 33.4 Å². The van der Waals surface area contributed by atoms with Crippen LogP contribution in [0.3, 0.4) is 0 Å². The van der Waals surface area contributed by atoms with Crippen LogP contribution in [0.2, 0.25) is 0 Å². The van der Waals surface area contributed by atoms with E-state index in [4.69, 9.17) is 47.4 Å². The molecular formula is C48H56N4O20S. The van der Waals surface area contributed by atoms with Gasteiger partial charge in [-0.1, -0.05) is 36.4 Å². The number of nitrogens with one attached hydrogen (secondary N) is 1. The van der Waals surface area contributed by atoms with Crippen molar-refractivity contribution in [3.63, 3.8) is 0 Å². The first-order chi connectivity index (χ1) is 34.6. The Bertz CT molecular complexity index is 2680. The molecule has 0 saturated heterocycles. The normalized spacial score (nSPS) is 10.8. The lowest BCUT2D eigenvalue weighted by atomic mass is 10.1. The van der Waals surface area contributed by atoms with Crippen LogP contribution < -0.4 is 28.9 Å². The highest BCUT2D eigenvalue weighted by molar-refractivity contribution is 7.89. The maximum atomic E-state index is 13.9. The topological polar surface area (TPSA) is 285 Å². The molecule has 1 N–H and O–H groups in total. The molecule has 0 atom stereocenters. The zero-order valence-electron chi connectivity index (χ0n) is 41.1. The molecule has 0 heterocycles. The Kier molecular flexibility index (Phi) is 22.0. The lowest BCUT2D eigenvalue weighted by Gasteiger charge is -2.26. The number of hydrogen-bond donors (Lipinski definition) is 1. The molecule has 0 spiro atoms. The van der Waals surface area contributed by atoms with E-state index in [-0.39, 0.29) is 47.5 Å². The fourth-order valence-electron chi connectivity index (χ4n) is 6.46. The zero-order chi connectivity index (χ0) is 53.7. The van der Waals surface area contributed by atoms with Crippen LogP contribution in [-0.2, 0) is 92.8 Å². The average Bonchev–Trinajstić information content (AvgIpc) is 3.31. The predicted octanol–water partition coefficient (Wildman–Crippen LogP) is 3.02. The van der Waals surface area contributed by atoms with Gasteiger partial charge in [0.15, 0.2) is 0 Å². The van der Waals surface area contributed by atoms with Crippen molar-refractivity contribution in [2.24, 2.45) is 0 Å². The fourth-order valence-corrected chi connectivity index (χ4v) is 7.70. The molecule has 0 aliphatic rings. The van der Waals surface area contributed by atoms with Gasteiger partial charge >= 0.3 is 47.8 Å². The minimum Gasteiger partial charge on any atom is -0.488 e. The van der Waals surface area contributed by atoms with Gasteiger partial charge in [0.05, 0.1) is 16.3 Å². The van der Waals surface area contributed by atoms with Gasteiger partial charge in [0.25, 0.3) is 0 Å². The van der Waals surface area contributed by atoms with Crippen molar-refractivity contribution in [2.45, 2.75) is 46.1 Å². The molecule has 73 heavy (non-hydrogen) atoms. The number of anilines is 3. The largest absolute Gasteiger partial charge is 0.488 e. The van der Waals surface area contributed by atoms with E-state index in [0.29, 0.717) is 21.9 Å². The third-order valence-electron chi connectivity index (χ3n) is 9.72. The number of esters is 8. The van der Waals surface area contributed by atoms with Crippen LogP contribution in [-0.4, -0.2) is 137 Å². The Morgan fingerprint density at radius 2 is 0.904 bits per heavy atom. The summed E-state index contributed by atoms with van der Waals surface area (Å²) in [5.41, 5.74) is 2.10. The van der Waals surface area contributed by atoms with E-state index < -0.39 is 111 Å². The summed E-state index contributed by atoms with van der Waals surface area (Å²) >= 11 is 0. The van der Waals surface area contributed by atoms with Crippen molar-refractivity contribution in [3.8, 4) is 11.5 Å². The predicted molar refractivity (Wildman–Crippen MR) is 256 cm³/mol. The van der Waals surface area contributed by atoms with Gasteiger partial charge in [-0.2, -0.15) is 0 Å². The first kappa shape index (κ1) is 57.4. The average molecular weight is 1040 g/mol. The van der Waals surface area contributed by atoms with Crippen LogP contribution in [0.1, 0.15) is 38.8 Å². The van der Waals surface area contributed by atoms with Gasteiger partial charge in [0.2, 0.25) is 37.2 Å². The maximum Gasteiger partial charge on any atom is 0.328 e. The Morgan fingerprint density at radius 1 is 0.493 bits per heavy atom. The van der Waals surface area contributed by atoms with Crippen LogP contribution in [0, 0.1) is 6.92 Å². The molecule has 394 valence electrons. The highest BCUT2D eigenvalue weighted by Crippen LogP contribution is 2.33. The SMILES string of the molecule is CC(=O)OCOC(=O)CN(CC(=O)OCOC(C)=O)c1ccc(C)cc1OCCOc1cc(CNS(=O)(=O)c2cccc3c(N(C)C)cccc23)ccc1N(CC(=O)OCOC(C)=O)CC(=O)OCOC(C)=O. The second-order valence-corrected chi connectivity index (χ2v) is 17.3. The van der Waals surface area contributed by atoms with Gasteiger partial charge < -0.3 is 62.1 Å². The number of benzene rings is 4. The summed E-state index contributed by atoms with van der Waals surface area (Å²) in [6.45, 7) is 0.00376. The molecular weight excluding hydrogens is 985 g/mol. The monoisotopic (exact) mass is 1040 g/mol. The summed E-state index contributed by atoms with van der Waals surface area (Å²) in [4.78, 5) is 101. The quantitative estimate of drug-likeness (QED) is 0.0370. The van der Waals surface area contributed by atoms with Crippen molar-refractivity contribution in [2.75, 3.05) is 95.4 Å². The highest BCUT2D eigenvalue weighted by atomic mass is 32.2. The lowest BCUT2D eigenvalue weighted by Crippen LogP contribution is -2.37. The number of fused-ring (bicyclic) bond motifs is 1. The van der Waals surface area contributed by atoms with E-state index >= 15 is 0 Å². The standard InChI is InChI=1S/C48H56N4O20S/c1-31-14-16-40(51(23-45(57)69-27-65-32(2)53)24-46(58)70-28-66-33(3)54)42(20-31)63-18-19-64-43-21-36(22-49-73(61,62)44-13-9-10-37-38(44)11-8-12-39(37)50(6)7)15-17-41(43)52(25-47(59)71-29-67-34(4)55)26-48(60)72-30-68-35(5)56/h8-17,20-21,49H,18-19,22-30H2,1-7H3. The molecule has 0 radical (unpaired) electrons. The van der Waals surface area contributed by atoms with Crippen LogP contribution in [0.15, 0.2) is 77.7 Å². The minimum absolute atomic E-state index is 0.0150. The fraction of sp³-hybridized carbons (Fsp3) is 0.375. The number of carbonyl (C=O) groups is 8. The van der Waals surface area contributed by atoms with Crippen molar-refractivity contribution in [3.05, 3.63) is 83.9 Å². The second kappa shape index (κ2) is 28.0. The molecule has 0 bridgehead atoms. The molecule has 24 nitrogen and oxygen atoms in total. The molecule has 0 aliphatic heterocycles. The Labute approximate surface area is 420 Å². The molecule has 0 fully saturated rings.